The van der Waals surface area contributed by atoms with Crippen LogP contribution in [0.1, 0.15) is 22.2 Å². The summed E-state index contributed by atoms with van der Waals surface area (Å²) in [7, 11) is 0. The summed E-state index contributed by atoms with van der Waals surface area (Å²) in [4.78, 5) is 2.64. The number of ether oxygens (including phenoxy) is 1. The average molecular weight is 197 g/mol. The largest absolute Gasteiger partial charge is 0.381 e. The molecular weight excluding hydrogens is 182 g/mol. The molecule has 1 aromatic heterocycles. The molecule has 0 saturated carbocycles. The molecule has 0 spiro atoms. The van der Waals surface area contributed by atoms with Crippen molar-refractivity contribution in [3.05, 3.63) is 21.9 Å². The van der Waals surface area contributed by atoms with Crippen molar-refractivity contribution in [3.63, 3.8) is 0 Å². The molecule has 1 saturated heterocycles. The molecule has 2 rings (SSSR count). The highest BCUT2D eigenvalue weighted by molar-refractivity contribution is 7.12. The Morgan fingerprint density at radius 2 is 2.46 bits per heavy atom. The first-order valence-corrected chi connectivity index (χ1v) is 5.48. The second-order valence-electron chi connectivity index (χ2n) is 3.60. The van der Waals surface area contributed by atoms with Crippen LogP contribution in [0.15, 0.2) is 12.1 Å². The van der Waals surface area contributed by atoms with Crippen LogP contribution >= 0.6 is 11.3 Å². The summed E-state index contributed by atoms with van der Waals surface area (Å²) < 4.78 is 5.33. The summed E-state index contributed by atoms with van der Waals surface area (Å²) in [6.07, 6.45) is 1.11. The first-order valence-electron chi connectivity index (χ1n) is 4.67. The minimum atomic E-state index is 0.182. The van der Waals surface area contributed by atoms with E-state index in [-0.39, 0.29) is 6.04 Å². The van der Waals surface area contributed by atoms with Crippen LogP contribution in [0.2, 0.25) is 0 Å². The van der Waals surface area contributed by atoms with E-state index in [2.05, 4.69) is 19.1 Å². The van der Waals surface area contributed by atoms with Crippen LogP contribution < -0.4 is 5.73 Å². The van der Waals surface area contributed by atoms with Crippen molar-refractivity contribution in [3.8, 4) is 0 Å². The van der Waals surface area contributed by atoms with Gasteiger partial charge in [0.15, 0.2) is 0 Å². The maximum atomic E-state index is 6.14. The fourth-order valence-electron chi connectivity index (χ4n) is 1.70. The van der Waals surface area contributed by atoms with Crippen LogP contribution in [0.25, 0.3) is 0 Å². The fraction of sp³-hybridized carbons (Fsp3) is 0.600. The van der Waals surface area contributed by atoms with Gasteiger partial charge in [0.1, 0.15) is 0 Å². The van der Waals surface area contributed by atoms with E-state index in [4.69, 9.17) is 10.5 Å². The van der Waals surface area contributed by atoms with Crippen LogP contribution in [-0.2, 0) is 4.74 Å². The van der Waals surface area contributed by atoms with Crippen LogP contribution in [0.3, 0.4) is 0 Å². The zero-order valence-electron chi connectivity index (χ0n) is 7.82. The first-order chi connectivity index (χ1) is 6.27. The molecule has 2 unspecified atom stereocenters. The van der Waals surface area contributed by atoms with Gasteiger partial charge in [-0.25, -0.2) is 0 Å². The zero-order chi connectivity index (χ0) is 9.26. The Hall–Kier alpha value is -0.380. The van der Waals surface area contributed by atoms with Gasteiger partial charge in [-0.2, -0.15) is 0 Å². The second kappa shape index (κ2) is 3.78. The Morgan fingerprint density at radius 3 is 3.00 bits per heavy atom. The molecule has 0 bridgehead atoms. The summed E-state index contributed by atoms with van der Waals surface area (Å²) in [5.41, 5.74) is 6.14. The molecule has 2 atom stereocenters. The molecular formula is C10H15NOS. The lowest BCUT2D eigenvalue weighted by Gasteiger charge is -2.15. The Balaban J connectivity index is 2.07. The Morgan fingerprint density at radius 1 is 1.62 bits per heavy atom. The summed E-state index contributed by atoms with van der Waals surface area (Å²) in [6, 6.07) is 4.46. The van der Waals surface area contributed by atoms with Crippen molar-refractivity contribution in [1.82, 2.24) is 0 Å². The molecule has 72 valence electrons. The highest BCUT2D eigenvalue weighted by Gasteiger charge is 2.24. The number of hydrogen-bond donors (Lipinski definition) is 1. The molecule has 1 fully saturated rings. The SMILES string of the molecule is Cc1ccc(C(N)C2CCOC2)s1. The zero-order valence-corrected chi connectivity index (χ0v) is 8.64. The molecule has 3 heteroatoms. The van der Waals surface area contributed by atoms with Crippen molar-refractivity contribution in [1.29, 1.82) is 0 Å². The van der Waals surface area contributed by atoms with Crippen molar-refractivity contribution >= 4 is 11.3 Å². The van der Waals surface area contributed by atoms with Crippen molar-refractivity contribution < 1.29 is 4.74 Å². The third kappa shape index (κ3) is 1.93. The first kappa shape index (κ1) is 9.19. The summed E-state index contributed by atoms with van der Waals surface area (Å²) in [5, 5.41) is 0. The maximum absolute atomic E-state index is 6.14. The highest BCUT2D eigenvalue weighted by atomic mass is 32.1. The van der Waals surface area contributed by atoms with Gasteiger partial charge in [0, 0.05) is 28.3 Å². The van der Waals surface area contributed by atoms with Gasteiger partial charge in [0.25, 0.3) is 0 Å². The highest BCUT2D eigenvalue weighted by Crippen LogP contribution is 2.30. The smallest absolute Gasteiger partial charge is 0.0513 e. The monoisotopic (exact) mass is 197 g/mol. The van der Waals surface area contributed by atoms with E-state index in [1.807, 2.05) is 0 Å². The number of nitrogens with two attached hydrogens (primary N) is 1. The van der Waals surface area contributed by atoms with E-state index in [0.717, 1.165) is 19.6 Å². The van der Waals surface area contributed by atoms with Gasteiger partial charge in [0.05, 0.1) is 6.61 Å². The van der Waals surface area contributed by atoms with E-state index < -0.39 is 0 Å². The van der Waals surface area contributed by atoms with Crippen molar-refractivity contribution in [2.75, 3.05) is 13.2 Å². The van der Waals surface area contributed by atoms with Gasteiger partial charge in [-0.3, -0.25) is 0 Å². The van der Waals surface area contributed by atoms with Gasteiger partial charge in [-0.15, -0.1) is 11.3 Å². The summed E-state index contributed by atoms with van der Waals surface area (Å²) >= 11 is 1.80. The van der Waals surface area contributed by atoms with E-state index >= 15 is 0 Å². The molecule has 2 N–H and O–H groups in total. The minimum Gasteiger partial charge on any atom is -0.381 e. The second-order valence-corrected chi connectivity index (χ2v) is 4.92. The predicted molar refractivity (Wildman–Crippen MR) is 54.9 cm³/mol. The Bertz CT molecular complexity index is 278. The molecule has 0 aliphatic carbocycles. The third-order valence-electron chi connectivity index (χ3n) is 2.56. The number of aryl methyl sites for hydroxylation is 1. The number of rotatable bonds is 2. The quantitative estimate of drug-likeness (QED) is 0.788. The van der Waals surface area contributed by atoms with E-state index in [0.29, 0.717) is 5.92 Å². The number of thiophene rings is 1. The van der Waals surface area contributed by atoms with Gasteiger partial charge >= 0.3 is 0 Å². The lowest BCUT2D eigenvalue weighted by atomic mass is 9.99. The van der Waals surface area contributed by atoms with Crippen LogP contribution in [0, 0.1) is 12.8 Å². The molecule has 13 heavy (non-hydrogen) atoms. The molecule has 1 aliphatic heterocycles. The maximum Gasteiger partial charge on any atom is 0.0513 e. The predicted octanol–water partition coefficient (Wildman–Crippen LogP) is 2.09. The number of hydrogen-bond acceptors (Lipinski definition) is 3. The molecule has 0 aromatic carbocycles. The van der Waals surface area contributed by atoms with Crippen LogP contribution in [-0.4, -0.2) is 13.2 Å². The lowest BCUT2D eigenvalue weighted by molar-refractivity contribution is 0.181. The summed E-state index contributed by atoms with van der Waals surface area (Å²) in [5.74, 6) is 0.526. The average Bonchev–Trinajstić information content (AvgIpc) is 2.72. The molecule has 0 amide bonds. The van der Waals surface area contributed by atoms with E-state index in [1.165, 1.54) is 9.75 Å². The fourth-order valence-corrected chi connectivity index (χ4v) is 2.67. The normalized spacial score (nSPS) is 24.9. The van der Waals surface area contributed by atoms with Crippen molar-refractivity contribution in [2.24, 2.45) is 11.7 Å². The molecule has 1 aliphatic rings. The minimum absolute atomic E-state index is 0.182. The van der Waals surface area contributed by atoms with Crippen LogP contribution in [0.4, 0.5) is 0 Å². The standard InChI is InChI=1S/C10H15NOS/c1-7-2-3-9(13-7)10(11)8-4-5-12-6-8/h2-3,8,10H,4-6,11H2,1H3. The molecule has 1 aromatic rings. The molecule has 2 nitrogen and oxygen atoms in total. The van der Waals surface area contributed by atoms with Gasteiger partial charge < -0.3 is 10.5 Å². The lowest BCUT2D eigenvalue weighted by Crippen LogP contribution is -2.20. The molecule has 2 heterocycles. The van der Waals surface area contributed by atoms with Gasteiger partial charge in [-0.1, -0.05) is 0 Å². The van der Waals surface area contributed by atoms with Crippen LogP contribution in [0.5, 0.6) is 0 Å². The van der Waals surface area contributed by atoms with Gasteiger partial charge in [-0.05, 0) is 25.5 Å². The Labute approximate surface area is 82.7 Å². The summed E-state index contributed by atoms with van der Waals surface area (Å²) in [6.45, 7) is 3.83. The third-order valence-corrected chi connectivity index (χ3v) is 3.66. The van der Waals surface area contributed by atoms with E-state index in [9.17, 15) is 0 Å². The van der Waals surface area contributed by atoms with Gasteiger partial charge in [0.2, 0.25) is 0 Å². The molecule has 0 radical (unpaired) electrons. The topological polar surface area (TPSA) is 35.2 Å². The van der Waals surface area contributed by atoms with Crippen molar-refractivity contribution in [2.45, 2.75) is 19.4 Å². The van der Waals surface area contributed by atoms with E-state index in [1.54, 1.807) is 11.3 Å². The Kier molecular flexibility index (Phi) is 2.67.